The van der Waals surface area contributed by atoms with Crippen LogP contribution in [0.4, 0.5) is 0 Å². The van der Waals surface area contributed by atoms with E-state index in [9.17, 15) is 13.2 Å². The van der Waals surface area contributed by atoms with Crippen LogP contribution in [0, 0.1) is 34.5 Å². The average molecular weight is 442 g/mol. The predicted octanol–water partition coefficient (Wildman–Crippen LogP) is 4.93. The molecule has 3 aliphatic carbocycles. The summed E-state index contributed by atoms with van der Waals surface area (Å²) in [5.74, 6) is 3.60. The van der Waals surface area contributed by atoms with Crippen molar-refractivity contribution in [2.45, 2.75) is 86.1 Å². The van der Waals surface area contributed by atoms with Crippen LogP contribution in [0.25, 0.3) is 0 Å². The van der Waals surface area contributed by atoms with E-state index in [-0.39, 0.29) is 17.9 Å². The summed E-state index contributed by atoms with van der Waals surface area (Å²) in [4.78, 5) is 11.7. The van der Waals surface area contributed by atoms with Crippen LogP contribution in [0.3, 0.4) is 0 Å². The number of rotatable bonds is 2. The molecule has 6 heteroatoms. The number of amides is 1. The van der Waals surface area contributed by atoms with Gasteiger partial charge in [0.25, 0.3) is 10.1 Å². The molecule has 4 aliphatic rings. The number of carbonyl (C=O) groups is 1. The molecule has 1 heterocycles. The minimum absolute atomic E-state index is 0.117. The van der Waals surface area contributed by atoms with Gasteiger partial charge >= 0.3 is 0 Å². The van der Waals surface area contributed by atoms with Gasteiger partial charge in [-0.3, -0.25) is 8.98 Å². The summed E-state index contributed by atoms with van der Waals surface area (Å²) in [5.41, 5.74) is 0.788. The van der Waals surface area contributed by atoms with Crippen LogP contribution >= 0.6 is 0 Å². The Balaban J connectivity index is 0.000000306. The van der Waals surface area contributed by atoms with E-state index in [1.54, 1.807) is 13.0 Å². The Morgan fingerprint density at radius 1 is 1.10 bits per heavy atom. The molecule has 0 spiro atoms. The lowest BCUT2D eigenvalue weighted by atomic mass is 9.48. The molecule has 3 fully saturated rings. The molecule has 0 aromatic heterocycles. The molecule has 0 radical (unpaired) electrons. The van der Waals surface area contributed by atoms with Gasteiger partial charge in [-0.15, -0.1) is 0 Å². The first-order valence-electron chi connectivity index (χ1n) is 11.9. The van der Waals surface area contributed by atoms with Crippen molar-refractivity contribution in [3.05, 3.63) is 12.2 Å². The lowest BCUT2D eigenvalue weighted by Crippen LogP contribution is -2.59. The molecule has 4 rings (SSSR count). The molecule has 7 unspecified atom stereocenters. The van der Waals surface area contributed by atoms with E-state index < -0.39 is 10.1 Å². The number of hydrogen-bond acceptors (Lipinski definition) is 4. The van der Waals surface area contributed by atoms with Gasteiger partial charge in [-0.2, -0.15) is 8.42 Å². The zero-order chi connectivity index (χ0) is 22.7. The third-order valence-corrected chi connectivity index (χ3v) is 9.16. The Hall–Kier alpha value is -0.880. The summed E-state index contributed by atoms with van der Waals surface area (Å²) in [7, 11) is -3.17. The first kappa shape index (κ1) is 25.4. The number of nitrogens with one attached hydrogen (secondary N) is 1. The molecule has 0 aromatic carbocycles. The van der Waals surface area contributed by atoms with Gasteiger partial charge in [-0.1, -0.05) is 40.7 Å². The van der Waals surface area contributed by atoms with Gasteiger partial charge in [-0.05, 0) is 80.6 Å². The van der Waals surface area contributed by atoms with E-state index in [0.717, 1.165) is 29.9 Å². The third kappa shape index (κ3) is 4.95. The lowest BCUT2D eigenvalue weighted by molar-refractivity contribution is -0.122. The molecular formula is C24H43NO4S. The molecule has 174 valence electrons. The molecule has 1 N–H and O–H groups in total. The monoisotopic (exact) mass is 441 g/mol. The fourth-order valence-corrected chi connectivity index (χ4v) is 7.24. The highest BCUT2D eigenvalue weighted by Crippen LogP contribution is 2.64. The second kappa shape index (κ2) is 9.72. The van der Waals surface area contributed by atoms with Crippen molar-refractivity contribution >= 4 is 16.0 Å². The van der Waals surface area contributed by atoms with Gasteiger partial charge in [0.15, 0.2) is 0 Å². The molecule has 1 amide bonds. The molecule has 1 aliphatic heterocycles. The Morgan fingerprint density at radius 3 is 2.33 bits per heavy atom. The first-order valence-corrected chi connectivity index (χ1v) is 13.7. The quantitative estimate of drug-likeness (QED) is 0.617. The van der Waals surface area contributed by atoms with Crippen LogP contribution in [-0.4, -0.2) is 33.2 Å². The summed E-state index contributed by atoms with van der Waals surface area (Å²) in [6.45, 7) is 13.3. The minimum atomic E-state index is -3.17. The molecule has 30 heavy (non-hydrogen) atoms. The maximum absolute atomic E-state index is 11.7. The van der Waals surface area contributed by atoms with Gasteiger partial charge < -0.3 is 5.32 Å². The van der Waals surface area contributed by atoms with Crippen molar-refractivity contribution < 1.29 is 17.4 Å². The fourth-order valence-electron chi connectivity index (χ4n) is 6.81. The smallest absolute Gasteiger partial charge is 0.264 e. The maximum atomic E-state index is 11.7. The Bertz CT molecular complexity index is 733. The van der Waals surface area contributed by atoms with Crippen molar-refractivity contribution in [1.82, 2.24) is 5.32 Å². The van der Waals surface area contributed by atoms with Gasteiger partial charge in [0.1, 0.15) is 0 Å². The van der Waals surface area contributed by atoms with Gasteiger partial charge in [0, 0.05) is 11.5 Å². The number of fused-ring (bicyclic) bond motifs is 5. The second-order valence-corrected chi connectivity index (χ2v) is 11.5. The van der Waals surface area contributed by atoms with Crippen LogP contribution in [0.1, 0.15) is 80.1 Å². The minimum Gasteiger partial charge on any atom is -0.349 e. The lowest BCUT2D eigenvalue weighted by Gasteiger charge is -2.58. The fraction of sp³-hybridized carbons (Fsp3) is 0.875. The summed E-state index contributed by atoms with van der Waals surface area (Å²) < 4.78 is 24.2. The zero-order valence-electron chi connectivity index (χ0n) is 20.0. The van der Waals surface area contributed by atoms with Crippen LogP contribution < -0.4 is 5.32 Å². The van der Waals surface area contributed by atoms with E-state index in [2.05, 4.69) is 36.3 Å². The van der Waals surface area contributed by atoms with Crippen molar-refractivity contribution in [2.24, 2.45) is 34.5 Å². The van der Waals surface area contributed by atoms with Crippen LogP contribution in [0.15, 0.2) is 12.2 Å². The van der Waals surface area contributed by atoms with E-state index in [1.165, 1.54) is 38.5 Å². The first-order chi connectivity index (χ1) is 14.0. The van der Waals surface area contributed by atoms with Crippen molar-refractivity contribution in [3.63, 3.8) is 0 Å². The largest absolute Gasteiger partial charge is 0.349 e. The molecule has 7 atom stereocenters. The predicted molar refractivity (Wildman–Crippen MR) is 122 cm³/mol. The highest BCUT2D eigenvalue weighted by molar-refractivity contribution is 7.85. The normalized spacial score (nSPS) is 41.7. The van der Waals surface area contributed by atoms with Crippen molar-refractivity contribution in [3.8, 4) is 0 Å². The number of carbonyl (C=O) groups excluding carboxylic acids is 1. The molecule has 0 bridgehead atoms. The Kier molecular flexibility index (Phi) is 8.23. The molecule has 0 aromatic rings. The van der Waals surface area contributed by atoms with Gasteiger partial charge in [0.05, 0.1) is 12.9 Å². The summed E-state index contributed by atoms with van der Waals surface area (Å²) >= 11 is 0. The Morgan fingerprint density at radius 2 is 1.77 bits per heavy atom. The summed E-state index contributed by atoms with van der Waals surface area (Å²) in [6.07, 6.45) is 13.2. The third-order valence-electron chi connectivity index (χ3n) is 8.49. The summed E-state index contributed by atoms with van der Waals surface area (Å²) in [6, 6.07) is 0.374. The van der Waals surface area contributed by atoms with Crippen LogP contribution in [-0.2, 0) is 19.1 Å². The number of hydrogen-bond donors (Lipinski definition) is 1. The maximum Gasteiger partial charge on any atom is 0.264 e. The topological polar surface area (TPSA) is 72.5 Å². The molecule has 0 saturated heterocycles. The van der Waals surface area contributed by atoms with E-state index in [0.29, 0.717) is 11.5 Å². The van der Waals surface area contributed by atoms with E-state index >= 15 is 0 Å². The highest BCUT2D eigenvalue weighted by Gasteiger charge is 2.58. The highest BCUT2D eigenvalue weighted by atomic mass is 32.2. The van der Waals surface area contributed by atoms with E-state index in [1.807, 2.05) is 13.8 Å². The van der Waals surface area contributed by atoms with Crippen LogP contribution in [0.5, 0.6) is 0 Å². The molecule has 5 nitrogen and oxygen atoms in total. The van der Waals surface area contributed by atoms with Crippen molar-refractivity contribution in [2.75, 3.05) is 12.9 Å². The average Bonchev–Trinajstić information content (AvgIpc) is 2.98. The van der Waals surface area contributed by atoms with Gasteiger partial charge in [0.2, 0.25) is 5.91 Å². The molecular weight excluding hydrogens is 398 g/mol. The van der Waals surface area contributed by atoms with Gasteiger partial charge in [-0.25, -0.2) is 0 Å². The SMILES string of the molecule is CC.CC1CCC2C3CCC4NC(=O)C=CC4(C)C3CCC12C.CCOS(C)(=O)=O. The second-order valence-electron chi connectivity index (χ2n) is 9.85. The standard InChI is InChI=1S/C19H29NO.C3H8O3S.C2H6/c1-12-4-6-14-13-5-7-16-19(3,11-9-17(21)20-16)15(13)8-10-18(12,14)2;1-3-6-7(2,4)5;1-2/h9,11-16H,4-8,10H2,1-3H3,(H,20,21);3H2,1-2H3;1-2H3. The van der Waals surface area contributed by atoms with E-state index in [4.69, 9.17) is 0 Å². The zero-order valence-corrected chi connectivity index (χ0v) is 20.8. The Labute approximate surface area is 184 Å². The summed E-state index contributed by atoms with van der Waals surface area (Å²) in [5, 5.41) is 3.24. The van der Waals surface area contributed by atoms with Crippen LogP contribution in [0.2, 0.25) is 0 Å². The van der Waals surface area contributed by atoms with Crippen molar-refractivity contribution in [1.29, 1.82) is 0 Å². The molecule has 3 saturated carbocycles.